The highest BCUT2D eigenvalue weighted by Crippen LogP contribution is 2.27. The van der Waals surface area contributed by atoms with Gasteiger partial charge in [0.15, 0.2) is 0 Å². The molecule has 1 aromatic rings. The van der Waals surface area contributed by atoms with Gasteiger partial charge in [-0.1, -0.05) is 6.92 Å². The van der Waals surface area contributed by atoms with Crippen molar-refractivity contribution in [3.8, 4) is 0 Å². The summed E-state index contributed by atoms with van der Waals surface area (Å²) in [6.45, 7) is 6.57. The molecule has 2 N–H and O–H groups in total. The van der Waals surface area contributed by atoms with Gasteiger partial charge in [-0.2, -0.15) is 4.98 Å². The van der Waals surface area contributed by atoms with Crippen molar-refractivity contribution in [2.24, 2.45) is 0 Å². The molecule has 1 unspecified atom stereocenters. The maximum Gasteiger partial charge on any atom is 0.329 e. The van der Waals surface area contributed by atoms with Crippen LogP contribution in [0.4, 0.5) is 17.5 Å². The molecule has 94 valence electrons. The van der Waals surface area contributed by atoms with Gasteiger partial charge in [-0.3, -0.25) is 10.1 Å². The van der Waals surface area contributed by atoms with Gasteiger partial charge in [0.25, 0.3) is 0 Å². The molecule has 7 nitrogen and oxygen atoms in total. The standard InChI is InChI=1S/C10H17N5O2/c1-4-7(3)14(5-2)9-8(15(16)17)6-12-10(11)13-9/h6-7H,4-5H2,1-3H3,(H2,11,12,13). The Morgan fingerprint density at radius 2 is 2.24 bits per heavy atom. The van der Waals surface area contributed by atoms with Crippen LogP contribution in [-0.2, 0) is 0 Å². The van der Waals surface area contributed by atoms with Gasteiger partial charge in [-0.25, -0.2) is 4.98 Å². The van der Waals surface area contributed by atoms with E-state index in [1.807, 2.05) is 25.7 Å². The number of anilines is 2. The Morgan fingerprint density at radius 1 is 1.59 bits per heavy atom. The van der Waals surface area contributed by atoms with Crippen molar-refractivity contribution in [3.63, 3.8) is 0 Å². The van der Waals surface area contributed by atoms with Crippen molar-refractivity contribution in [2.75, 3.05) is 17.2 Å². The first-order valence-corrected chi connectivity index (χ1v) is 5.54. The fraction of sp³-hybridized carbons (Fsp3) is 0.600. The van der Waals surface area contributed by atoms with Crippen molar-refractivity contribution in [1.82, 2.24) is 9.97 Å². The molecular weight excluding hydrogens is 222 g/mol. The third-order valence-corrected chi connectivity index (χ3v) is 2.70. The molecule has 17 heavy (non-hydrogen) atoms. The number of rotatable bonds is 5. The van der Waals surface area contributed by atoms with E-state index in [1.165, 1.54) is 0 Å². The van der Waals surface area contributed by atoms with Gasteiger partial charge in [0, 0.05) is 12.6 Å². The average Bonchev–Trinajstić information content (AvgIpc) is 2.29. The lowest BCUT2D eigenvalue weighted by Gasteiger charge is -2.27. The summed E-state index contributed by atoms with van der Waals surface area (Å²) in [6, 6.07) is 0.160. The molecular formula is C10H17N5O2. The zero-order valence-corrected chi connectivity index (χ0v) is 10.3. The predicted molar refractivity (Wildman–Crippen MR) is 65.9 cm³/mol. The fourth-order valence-electron chi connectivity index (χ4n) is 1.61. The second kappa shape index (κ2) is 5.42. The van der Waals surface area contributed by atoms with Crippen molar-refractivity contribution >= 4 is 17.5 Å². The summed E-state index contributed by atoms with van der Waals surface area (Å²) >= 11 is 0. The van der Waals surface area contributed by atoms with Crippen LogP contribution < -0.4 is 10.6 Å². The molecule has 0 aliphatic rings. The van der Waals surface area contributed by atoms with Crippen molar-refractivity contribution in [2.45, 2.75) is 33.2 Å². The molecule has 1 rings (SSSR count). The Labute approximate surface area is 99.8 Å². The maximum atomic E-state index is 10.9. The van der Waals surface area contributed by atoms with Crippen LogP contribution >= 0.6 is 0 Å². The lowest BCUT2D eigenvalue weighted by atomic mass is 10.2. The van der Waals surface area contributed by atoms with Crippen LogP contribution in [0.3, 0.4) is 0 Å². The second-order valence-corrected chi connectivity index (χ2v) is 3.74. The molecule has 0 bridgehead atoms. The van der Waals surface area contributed by atoms with Gasteiger partial charge in [0.2, 0.25) is 11.8 Å². The van der Waals surface area contributed by atoms with E-state index >= 15 is 0 Å². The number of aromatic nitrogens is 2. The van der Waals surface area contributed by atoms with Crippen molar-refractivity contribution in [1.29, 1.82) is 0 Å². The molecule has 1 atom stereocenters. The van der Waals surface area contributed by atoms with Gasteiger partial charge in [0.05, 0.1) is 4.92 Å². The van der Waals surface area contributed by atoms with E-state index in [4.69, 9.17) is 5.73 Å². The summed E-state index contributed by atoms with van der Waals surface area (Å²) in [5.41, 5.74) is 5.38. The molecule has 0 saturated carbocycles. The fourth-order valence-corrected chi connectivity index (χ4v) is 1.61. The first kappa shape index (κ1) is 13.1. The predicted octanol–water partition coefficient (Wildman–Crippen LogP) is 1.59. The SMILES string of the molecule is CCC(C)N(CC)c1nc(N)ncc1[N+](=O)[O-]. The first-order valence-electron chi connectivity index (χ1n) is 5.54. The molecule has 7 heteroatoms. The maximum absolute atomic E-state index is 10.9. The Hall–Kier alpha value is -1.92. The summed E-state index contributed by atoms with van der Waals surface area (Å²) in [5, 5.41) is 10.9. The van der Waals surface area contributed by atoms with E-state index in [2.05, 4.69) is 9.97 Å². The smallest absolute Gasteiger partial charge is 0.329 e. The van der Waals surface area contributed by atoms with Crippen molar-refractivity contribution < 1.29 is 4.92 Å². The number of hydrogen-bond acceptors (Lipinski definition) is 6. The minimum Gasteiger partial charge on any atom is -0.368 e. The lowest BCUT2D eigenvalue weighted by Crippen LogP contribution is -2.33. The first-order chi connectivity index (χ1) is 8.01. The molecule has 0 spiro atoms. The monoisotopic (exact) mass is 239 g/mol. The zero-order chi connectivity index (χ0) is 13.0. The molecule has 0 amide bonds. The zero-order valence-electron chi connectivity index (χ0n) is 10.3. The normalized spacial score (nSPS) is 12.2. The van der Waals surface area contributed by atoms with Gasteiger partial charge in [-0.15, -0.1) is 0 Å². The lowest BCUT2D eigenvalue weighted by molar-refractivity contribution is -0.384. The summed E-state index contributed by atoms with van der Waals surface area (Å²) in [4.78, 5) is 19.9. The highest BCUT2D eigenvalue weighted by molar-refractivity contribution is 5.58. The van der Waals surface area contributed by atoms with E-state index in [1.54, 1.807) is 0 Å². The molecule has 0 aromatic carbocycles. The number of nitrogens with two attached hydrogens (primary N) is 1. The van der Waals surface area contributed by atoms with Gasteiger partial charge >= 0.3 is 5.69 Å². The second-order valence-electron chi connectivity index (χ2n) is 3.74. The molecule has 0 aliphatic carbocycles. The number of hydrogen-bond donors (Lipinski definition) is 1. The highest BCUT2D eigenvalue weighted by atomic mass is 16.6. The largest absolute Gasteiger partial charge is 0.368 e. The van der Waals surface area contributed by atoms with Gasteiger partial charge in [-0.05, 0) is 20.3 Å². The Bertz CT molecular complexity index is 410. The van der Waals surface area contributed by atoms with E-state index in [0.29, 0.717) is 12.4 Å². The van der Waals surface area contributed by atoms with Crippen LogP contribution in [0.1, 0.15) is 27.2 Å². The van der Waals surface area contributed by atoms with Crippen LogP contribution in [0.2, 0.25) is 0 Å². The Kier molecular flexibility index (Phi) is 4.19. The van der Waals surface area contributed by atoms with Crippen LogP contribution in [0.15, 0.2) is 6.20 Å². The molecule has 0 saturated heterocycles. The minimum absolute atomic E-state index is 0.0485. The summed E-state index contributed by atoms with van der Waals surface area (Å²) in [6.07, 6.45) is 2.03. The number of nitrogens with zero attached hydrogens (tertiary/aromatic N) is 4. The quantitative estimate of drug-likeness (QED) is 0.618. The van der Waals surface area contributed by atoms with E-state index < -0.39 is 4.92 Å². The molecule has 1 heterocycles. The van der Waals surface area contributed by atoms with E-state index in [9.17, 15) is 10.1 Å². The highest BCUT2D eigenvalue weighted by Gasteiger charge is 2.24. The summed E-state index contributed by atoms with van der Waals surface area (Å²) in [5.74, 6) is 0.340. The van der Waals surface area contributed by atoms with E-state index in [-0.39, 0.29) is 17.7 Å². The Balaban J connectivity index is 3.25. The molecule has 0 radical (unpaired) electrons. The summed E-state index contributed by atoms with van der Waals surface area (Å²) in [7, 11) is 0. The third-order valence-electron chi connectivity index (χ3n) is 2.70. The van der Waals surface area contributed by atoms with Crippen LogP contribution in [-0.4, -0.2) is 27.5 Å². The molecule has 1 aromatic heterocycles. The van der Waals surface area contributed by atoms with Gasteiger partial charge < -0.3 is 10.6 Å². The summed E-state index contributed by atoms with van der Waals surface area (Å²) < 4.78 is 0. The average molecular weight is 239 g/mol. The Morgan fingerprint density at radius 3 is 2.71 bits per heavy atom. The van der Waals surface area contributed by atoms with E-state index in [0.717, 1.165) is 12.6 Å². The minimum atomic E-state index is -0.486. The number of nitrogen functional groups attached to an aromatic ring is 1. The van der Waals surface area contributed by atoms with Crippen molar-refractivity contribution in [3.05, 3.63) is 16.3 Å². The third kappa shape index (κ3) is 2.80. The van der Waals surface area contributed by atoms with Crippen LogP contribution in [0.25, 0.3) is 0 Å². The topological polar surface area (TPSA) is 98.2 Å². The van der Waals surface area contributed by atoms with Crippen LogP contribution in [0, 0.1) is 10.1 Å². The van der Waals surface area contributed by atoms with Gasteiger partial charge in [0.1, 0.15) is 6.20 Å². The number of nitro groups is 1. The molecule has 0 fully saturated rings. The molecule has 0 aliphatic heterocycles. The van der Waals surface area contributed by atoms with Crippen LogP contribution in [0.5, 0.6) is 0 Å².